The maximum atomic E-state index is 11.7. The molecule has 0 bridgehead atoms. The lowest BCUT2D eigenvalue weighted by Crippen LogP contribution is -2.40. The molecular formula is C13H17ClO4. The maximum Gasteiger partial charge on any atom is 0.349 e. The van der Waals surface area contributed by atoms with Gasteiger partial charge in [0.25, 0.3) is 0 Å². The minimum absolute atomic E-state index is 0.283. The second kappa shape index (κ2) is 6.07. The van der Waals surface area contributed by atoms with Crippen molar-refractivity contribution in [2.24, 2.45) is 0 Å². The molecule has 0 fully saturated rings. The molecule has 1 rings (SSSR count). The van der Waals surface area contributed by atoms with Crippen LogP contribution in [0, 0.1) is 0 Å². The molecule has 4 nitrogen and oxygen atoms in total. The molecule has 5 heteroatoms. The molecule has 0 aliphatic heterocycles. The van der Waals surface area contributed by atoms with Gasteiger partial charge in [-0.3, -0.25) is 0 Å². The molecule has 0 aromatic heterocycles. The van der Waals surface area contributed by atoms with Crippen molar-refractivity contribution in [3.8, 4) is 5.75 Å². The van der Waals surface area contributed by atoms with Crippen molar-refractivity contribution in [1.82, 2.24) is 0 Å². The Kier molecular flexibility index (Phi) is 4.99. The van der Waals surface area contributed by atoms with Crippen LogP contribution in [-0.4, -0.2) is 23.3 Å². The van der Waals surface area contributed by atoms with Crippen LogP contribution < -0.4 is 4.74 Å². The van der Waals surface area contributed by atoms with Gasteiger partial charge in [-0.15, -0.1) is 0 Å². The summed E-state index contributed by atoms with van der Waals surface area (Å²) in [6, 6.07) is 6.74. The number of carbonyl (C=O) groups is 1. The average Bonchev–Trinajstić information content (AvgIpc) is 2.29. The first-order valence-corrected chi connectivity index (χ1v) is 6.09. The Morgan fingerprint density at radius 2 is 2.06 bits per heavy atom. The Morgan fingerprint density at radius 1 is 1.44 bits per heavy atom. The predicted octanol–water partition coefficient (Wildman–Crippen LogP) is 2.64. The minimum atomic E-state index is -1.18. The molecule has 100 valence electrons. The highest BCUT2D eigenvalue weighted by Gasteiger charge is 2.32. The third kappa shape index (κ3) is 3.62. The lowest BCUT2D eigenvalue weighted by atomic mass is 10.1. The van der Waals surface area contributed by atoms with Crippen LogP contribution in [0.15, 0.2) is 24.3 Å². The fourth-order valence-electron chi connectivity index (χ4n) is 1.39. The molecule has 0 amide bonds. The van der Waals surface area contributed by atoms with Gasteiger partial charge in [0.1, 0.15) is 5.75 Å². The van der Waals surface area contributed by atoms with Gasteiger partial charge < -0.3 is 14.6 Å². The van der Waals surface area contributed by atoms with E-state index < -0.39 is 17.1 Å². The number of hydrogen-bond donors (Lipinski definition) is 1. The first-order valence-electron chi connectivity index (χ1n) is 5.65. The van der Waals surface area contributed by atoms with Gasteiger partial charge in [0, 0.05) is 5.56 Å². The van der Waals surface area contributed by atoms with Crippen molar-refractivity contribution in [1.29, 1.82) is 0 Å². The Bertz CT molecular complexity index is 415. The van der Waals surface area contributed by atoms with E-state index in [9.17, 15) is 9.90 Å². The number of benzene rings is 1. The summed E-state index contributed by atoms with van der Waals surface area (Å²) in [4.78, 5) is 11.7. The largest absolute Gasteiger partial charge is 0.476 e. The summed E-state index contributed by atoms with van der Waals surface area (Å²) >= 11 is 5.64. The van der Waals surface area contributed by atoms with Crippen molar-refractivity contribution in [3.05, 3.63) is 29.8 Å². The van der Waals surface area contributed by atoms with Crippen LogP contribution in [-0.2, 0) is 9.53 Å². The number of rotatable bonds is 5. The molecule has 1 atom stereocenters. The molecule has 0 spiro atoms. The number of hydrogen-bond acceptors (Lipinski definition) is 4. The maximum absolute atomic E-state index is 11.7. The molecule has 0 saturated heterocycles. The van der Waals surface area contributed by atoms with E-state index in [1.807, 2.05) is 0 Å². The van der Waals surface area contributed by atoms with E-state index in [0.29, 0.717) is 11.3 Å². The van der Waals surface area contributed by atoms with Gasteiger partial charge in [-0.2, -0.15) is 0 Å². The van der Waals surface area contributed by atoms with Gasteiger partial charge in [-0.1, -0.05) is 29.8 Å². The number of ether oxygens (including phenoxy) is 2. The number of halogens is 1. The summed E-state index contributed by atoms with van der Waals surface area (Å²) in [5.74, 6) is -0.109. The van der Waals surface area contributed by atoms with Crippen molar-refractivity contribution < 1.29 is 19.4 Å². The third-order valence-corrected chi connectivity index (χ3v) is 2.54. The smallest absolute Gasteiger partial charge is 0.349 e. The first-order chi connectivity index (χ1) is 8.38. The summed E-state index contributed by atoms with van der Waals surface area (Å²) in [6.45, 7) is 5.21. The van der Waals surface area contributed by atoms with Crippen LogP contribution in [0.1, 0.15) is 31.9 Å². The second-order valence-electron chi connectivity index (χ2n) is 4.21. The number of carbonyl (C=O) groups excluding carboxylic acids is 1. The van der Waals surface area contributed by atoms with Crippen LogP contribution in [0.5, 0.6) is 5.75 Å². The van der Waals surface area contributed by atoms with Gasteiger partial charge >= 0.3 is 5.97 Å². The summed E-state index contributed by atoms with van der Waals surface area (Å²) in [5, 5.41) is 9.41. The van der Waals surface area contributed by atoms with E-state index in [4.69, 9.17) is 21.1 Å². The highest BCUT2D eigenvalue weighted by Crippen LogP contribution is 2.30. The quantitative estimate of drug-likeness (QED) is 0.661. The fraction of sp³-hybridized carbons (Fsp3) is 0.462. The zero-order valence-electron chi connectivity index (χ0n) is 10.6. The molecule has 0 heterocycles. The Balaban J connectivity index is 2.93. The number of alkyl halides is 1. The predicted molar refractivity (Wildman–Crippen MR) is 68.6 cm³/mol. The van der Waals surface area contributed by atoms with E-state index >= 15 is 0 Å². The standard InChI is InChI=1S/C13H17ClO4/c1-4-17-12(16)13(2,3)18-10-8-6-5-7-9(10)11(14)15/h5-8,11,15H,4H2,1-3H3. The highest BCUT2D eigenvalue weighted by atomic mass is 35.5. The highest BCUT2D eigenvalue weighted by molar-refractivity contribution is 6.19. The summed E-state index contributed by atoms with van der Waals surface area (Å²) < 4.78 is 10.5. The zero-order valence-corrected chi connectivity index (χ0v) is 11.4. The molecular weight excluding hydrogens is 256 g/mol. The van der Waals surface area contributed by atoms with Crippen molar-refractivity contribution >= 4 is 17.6 Å². The molecule has 0 saturated carbocycles. The zero-order chi connectivity index (χ0) is 13.8. The lowest BCUT2D eigenvalue weighted by molar-refractivity contribution is -0.158. The normalized spacial score (nSPS) is 12.9. The molecule has 1 aromatic carbocycles. The molecule has 0 aliphatic carbocycles. The van der Waals surface area contributed by atoms with E-state index in [1.165, 1.54) is 0 Å². The third-order valence-electron chi connectivity index (χ3n) is 2.31. The van der Waals surface area contributed by atoms with Crippen molar-refractivity contribution in [3.63, 3.8) is 0 Å². The summed E-state index contributed by atoms with van der Waals surface area (Å²) in [7, 11) is 0. The van der Waals surface area contributed by atoms with E-state index in [0.717, 1.165) is 0 Å². The van der Waals surface area contributed by atoms with Gasteiger partial charge in [-0.05, 0) is 26.8 Å². The van der Waals surface area contributed by atoms with Crippen molar-refractivity contribution in [2.45, 2.75) is 31.9 Å². The Labute approximate surface area is 111 Å². The Hall–Kier alpha value is -1.26. The van der Waals surface area contributed by atoms with Gasteiger partial charge in [0.2, 0.25) is 0 Å². The molecule has 1 aromatic rings. The number of aliphatic hydroxyl groups excluding tert-OH is 1. The molecule has 0 radical (unpaired) electrons. The van der Waals surface area contributed by atoms with Gasteiger partial charge in [0.15, 0.2) is 11.2 Å². The van der Waals surface area contributed by atoms with Crippen molar-refractivity contribution in [2.75, 3.05) is 6.61 Å². The summed E-state index contributed by atoms with van der Waals surface area (Å²) in [6.07, 6.45) is 0. The molecule has 1 unspecified atom stereocenters. The van der Waals surface area contributed by atoms with E-state index in [-0.39, 0.29) is 6.61 Å². The van der Waals surface area contributed by atoms with Gasteiger partial charge in [0.05, 0.1) is 6.61 Å². The topological polar surface area (TPSA) is 55.8 Å². The average molecular weight is 273 g/mol. The molecule has 0 aliphatic rings. The van der Waals surface area contributed by atoms with Crippen LogP contribution in [0.4, 0.5) is 0 Å². The fourth-order valence-corrected chi connectivity index (χ4v) is 1.57. The monoisotopic (exact) mass is 272 g/mol. The van der Waals surface area contributed by atoms with Crippen LogP contribution in [0.3, 0.4) is 0 Å². The number of aliphatic hydroxyl groups is 1. The Morgan fingerprint density at radius 3 is 2.61 bits per heavy atom. The second-order valence-corrected chi connectivity index (χ2v) is 4.62. The number of para-hydroxylation sites is 1. The minimum Gasteiger partial charge on any atom is -0.476 e. The van der Waals surface area contributed by atoms with Crippen LogP contribution >= 0.6 is 11.6 Å². The van der Waals surface area contributed by atoms with E-state index in [1.54, 1.807) is 45.0 Å². The lowest BCUT2D eigenvalue weighted by Gasteiger charge is -2.25. The van der Waals surface area contributed by atoms with Crippen LogP contribution in [0.25, 0.3) is 0 Å². The molecule has 18 heavy (non-hydrogen) atoms. The number of esters is 1. The first kappa shape index (κ1) is 14.8. The van der Waals surface area contributed by atoms with Gasteiger partial charge in [-0.25, -0.2) is 4.79 Å². The van der Waals surface area contributed by atoms with Crippen LogP contribution in [0.2, 0.25) is 0 Å². The summed E-state index contributed by atoms with van der Waals surface area (Å²) in [5.41, 5.74) is -1.91. The van der Waals surface area contributed by atoms with E-state index in [2.05, 4.69) is 0 Å². The SMILES string of the molecule is CCOC(=O)C(C)(C)Oc1ccccc1C(O)Cl. The molecule has 1 N–H and O–H groups in total.